The van der Waals surface area contributed by atoms with Crippen molar-refractivity contribution in [1.29, 1.82) is 0 Å². The van der Waals surface area contributed by atoms with Gasteiger partial charge in [-0.1, -0.05) is 13.8 Å². The van der Waals surface area contributed by atoms with Crippen LogP contribution in [0, 0.1) is 0 Å². The second-order valence-electron chi connectivity index (χ2n) is 6.94. The topological polar surface area (TPSA) is 92.7 Å². The Bertz CT molecular complexity index is 714. The van der Waals surface area contributed by atoms with Crippen molar-refractivity contribution in [1.82, 2.24) is 15.6 Å². The molecule has 1 aromatic heterocycles. The van der Waals surface area contributed by atoms with Gasteiger partial charge in [0.25, 0.3) is 0 Å². The molecule has 1 saturated heterocycles. The fourth-order valence-corrected chi connectivity index (χ4v) is 4.94. The maximum atomic E-state index is 12.4. The fourth-order valence-electron chi connectivity index (χ4n) is 2.82. The van der Waals surface area contributed by atoms with Gasteiger partial charge in [-0.25, -0.2) is 18.4 Å². The lowest BCUT2D eigenvalue weighted by Crippen LogP contribution is -2.53. The molecule has 2 N–H and O–H groups in total. The van der Waals surface area contributed by atoms with Gasteiger partial charge >= 0.3 is 0 Å². The Morgan fingerprint density at radius 2 is 2.04 bits per heavy atom. The van der Waals surface area contributed by atoms with Crippen molar-refractivity contribution in [3.8, 4) is 0 Å². The number of nitrogens with zero attached hydrogens (tertiary/aromatic N) is 2. The van der Waals surface area contributed by atoms with Gasteiger partial charge in [-0.05, 0) is 25.7 Å². The largest absolute Gasteiger partial charge is 0.381 e. The number of aliphatic imine (C=N–C) groups is 1. The smallest absolute Gasteiger partial charge is 0.191 e. The van der Waals surface area contributed by atoms with Crippen molar-refractivity contribution < 1.29 is 13.2 Å². The summed E-state index contributed by atoms with van der Waals surface area (Å²) in [5, 5.41) is 9.42. The number of sulfone groups is 1. The third-order valence-electron chi connectivity index (χ3n) is 4.65. The molecule has 0 amide bonds. The first kappa shape index (κ1) is 24.6. The van der Waals surface area contributed by atoms with Gasteiger partial charge in [0.15, 0.2) is 15.8 Å². The molecule has 1 aliphatic heterocycles. The van der Waals surface area contributed by atoms with E-state index in [1.165, 1.54) is 6.26 Å². The van der Waals surface area contributed by atoms with Gasteiger partial charge in [0, 0.05) is 37.9 Å². The second kappa shape index (κ2) is 10.9. The van der Waals surface area contributed by atoms with Crippen molar-refractivity contribution >= 4 is 51.1 Å². The molecule has 0 unspecified atom stereocenters. The summed E-state index contributed by atoms with van der Waals surface area (Å²) in [5.74, 6) is 1.02. The van der Waals surface area contributed by atoms with Crippen molar-refractivity contribution in [2.45, 2.75) is 50.8 Å². The number of hydrogen-bond donors (Lipinski definition) is 2. The van der Waals surface area contributed by atoms with E-state index in [1.54, 1.807) is 11.3 Å². The first-order chi connectivity index (χ1) is 12.3. The molecule has 0 aliphatic carbocycles. The van der Waals surface area contributed by atoms with E-state index in [-0.39, 0.29) is 24.0 Å². The van der Waals surface area contributed by atoms with Crippen LogP contribution in [0.15, 0.2) is 10.4 Å². The van der Waals surface area contributed by atoms with E-state index < -0.39 is 14.6 Å². The third kappa shape index (κ3) is 6.82. The van der Waals surface area contributed by atoms with Gasteiger partial charge in [-0.15, -0.1) is 35.3 Å². The van der Waals surface area contributed by atoms with Crippen molar-refractivity contribution in [3.05, 3.63) is 16.1 Å². The lowest BCUT2D eigenvalue weighted by atomic mass is 9.99. The summed E-state index contributed by atoms with van der Waals surface area (Å²) in [6.45, 7) is 8.67. The lowest BCUT2D eigenvalue weighted by molar-refractivity contribution is 0.0756. The number of aromatic nitrogens is 1. The summed E-state index contributed by atoms with van der Waals surface area (Å²) in [6, 6.07) is 0. The summed E-state index contributed by atoms with van der Waals surface area (Å²) >= 11 is 1.60. The predicted octanol–water partition coefficient (Wildman–Crippen LogP) is 2.53. The first-order valence-corrected chi connectivity index (χ1v) is 11.8. The van der Waals surface area contributed by atoms with Gasteiger partial charge in [0.2, 0.25) is 0 Å². The van der Waals surface area contributed by atoms with E-state index in [4.69, 9.17) is 4.74 Å². The Hall–Kier alpha value is -0.460. The van der Waals surface area contributed by atoms with Gasteiger partial charge in [0.05, 0.1) is 17.0 Å². The minimum absolute atomic E-state index is 0. The van der Waals surface area contributed by atoms with Crippen LogP contribution in [0.1, 0.15) is 50.2 Å². The molecule has 27 heavy (non-hydrogen) atoms. The van der Waals surface area contributed by atoms with Crippen LogP contribution in [0.2, 0.25) is 0 Å². The van der Waals surface area contributed by atoms with E-state index in [9.17, 15) is 8.42 Å². The van der Waals surface area contributed by atoms with E-state index in [0.717, 1.165) is 10.7 Å². The van der Waals surface area contributed by atoms with Crippen LogP contribution in [0.5, 0.6) is 0 Å². The van der Waals surface area contributed by atoms with Crippen LogP contribution in [0.3, 0.4) is 0 Å². The van der Waals surface area contributed by atoms with Gasteiger partial charge in [-0.2, -0.15) is 0 Å². The van der Waals surface area contributed by atoms with Crippen LogP contribution in [-0.4, -0.2) is 56.7 Å². The molecule has 7 nitrogen and oxygen atoms in total. The zero-order valence-electron chi connectivity index (χ0n) is 16.4. The average molecular weight is 530 g/mol. The van der Waals surface area contributed by atoms with Crippen LogP contribution in [0.4, 0.5) is 0 Å². The molecule has 0 bridgehead atoms. The molecule has 2 rings (SSSR count). The minimum Gasteiger partial charge on any atom is -0.381 e. The second-order valence-corrected chi connectivity index (χ2v) is 10.3. The van der Waals surface area contributed by atoms with Gasteiger partial charge < -0.3 is 15.4 Å². The summed E-state index contributed by atoms with van der Waals surface area (Å²) < 4.78 is 29.3. The van der Waals surface area contributed by atoms with Crippen molar-refractivity contribution in [2.24, 2.45) is 4.99 Å². The molecule has 0 saturated carbocycles. The molecular weight excluding hydrogens is 499 g/mol. The van der Waals surface area contributed by atoms with E-state index >= 15 is 0 Å². The lowest BCUT2D eigenvalue weighted by Gasteiger charge is -2.35. The van der Waals surface area contributed by atoms with E-state index in [1.807, 2.05) is 6.92 Å². The van der Waals surface area contributed by atoms with Crippen LogP contribution in [0.25, 0.3) is 0 Å². The first-order valence-electron chi connectivity index (χ1n) is 9.01. The molecule has 10 heteroatoms. The summed E-state index contributed by atoms with van der Waals surface area (Å²) in [7, 11) is -3.21. The third-order valence-corrected chi connectivity index (χ3v) is 7.62. The number of ether oxygens (including phenoxy) is 1. The Labute approximate surface area is 183 Å². The Morgan fingerprint density at radius 1 is 1.37 bits per heavy atom. The summed E-state index contributed by atoms with van der Waals surface area (Å²) in [5.41, 5.74) is 1.08. The van der Waals surface area contributed by atoms with Crippen LogP contribution < -0.4 is 10.6 Å². The van der Waals surface area contributed by atoms with E-state index in [0.29, 0.717) is 57.6 Å². The van der Waals surface area contributed by atoms with Crippen molar-refractivity contribution in [2.75, 3.05) is 32.6 Å². The minimum atomic E-state index is -3.21. The number of halogens is 1. The molecule has 1 aromatic rings. The summed E-state index contributed by atoms with van der Waals surface area (Å²) in [6.07, 6.45) is 2.32. The molecule has 0 spiro atoms. The molecule has 0 aromatic carbocycles. The Morgan fingerprint density at radius 3 is 2.56 bits per heavy atom. The van der Waals surface area contributed by atoms with Crippen LogP contribution in [-0.2, 0) is 21.1 Å². The zero-order chi connectivity index (χ0) is 19.2. The summed E-state index contributed by atoms with van der Waals surface area (Å²) in [4.78, 5) is 9.16. The molecule has 0 atom stereocenters. The number of rotatable bonds is 7. The average Bonchev–Trinajstić information content (AvgIpc) is 3.06. The maximum Gasteiger partial charge on any atom is 0.191 e. The quantitative estimate of drug-likeness (QED) is 0.320. The molecule has 1 fully saturated rings. The fraction of sp³-hybridized carbons (Fsp3) is 0.765. The Balaban J connectivity index is 0.00000364. The molecule has 0 radical (unpaired) electrons. The number of thiazole rings is 1. The van der Waals surface area contributed by atoms with Gasteiger partial charge in [-0.3, -0.25) is 0 Å². The maximum absolute atomic E-state index is 12.4. The number of hydrogen-bond acceptors (Lipinski definition) is 6. The van der Waals surface area contributed by atoms with Crippen LogP contribution >= 0.6 is 35.3 Å². The highest BCUT2D eigenvalue weighted by Gasteiger charge is 2.42. The molecular formula is C17H31IN4O3S2. The SMILES string of the molecule is CCNC(=NCc1nc(C(C)C)cs1)NCC1(S(C)(=O)=O)CCOCC1.I. The van der Waals surface area contributed by atoms with Crippen molar-refractivity contribution in [3.63, 3.8) is 0 Å². The normalized spacial score (nSPS) is 17.4. The zero-order valence-corrected chi connectivity index (χ0v) is 20.4. The molecule has 1 aliphatic rings. The Kier molecular flexibility index (Phi) is 9.93. The highest BCUT2D eigenvalue weighted by Crippen LogP contribution is 2.28. The molecule has 2 heterocycles. The van der Waals surface area contributed by atoms with Gasteiger partial charge in [0.1, 0.15) is 5.01 Å². The van der Waals surface area contributed by atoms with E-state index in [2.05, 4.69) is 39.8 Å². The number of guanidine groups is 1. The number of nitrogens with one attached hydrogen (secondary N) is 2. The molecule has 156 valence electrons. The highest BCUT2D eigenvalue weighted by atomic mass is 127. The highest BCUT2D eigenvalue weighted by molar-refractivity contribution is 14.0. The monoisotopic (exact) mass is 530 g/mol. The predicted molar refractivity (Wildman–Crippen MR) is 122 cm³/mol. The standard InChI is InChI=1S/C17H30N4O3S2.HI/c1-5-18-16(19-10-15-21-14(11-25-15)13(2)3)20-12-17(26(4,22)23)6-8-24-9-7-17;/h11,13H,5-10,12H2,1-4H3,(H2,18,19,20);1H.